The summed E-state index contributed by atoms with van der Waals surface area (Å²) in [4.78, 5) is 4.38. The number of hydrogen-bond donors (Lipinski definition) is 1. The molecule has 2 heterocycles. The Morgan fingerprint density at radius 2 is 2.16 bits per heavy atom. The molecule has 6 heteroatoms. The fourth-order valence-electron chi connectivity index (χ4n) is 2.50. The number of rotatable bonds is 6. The topological polar surface area (TPSA) is 69.4 Å². The normalized spacial score (nSPS) is 20.4. The van der Waals surface area contributed by atoms with E-state index in [0.717, 1.165) is 26.1 Å². The van der Waals surface area contributed by atoms with Crippen LogP contribution in [0.1, 0.15) is 37.5 Å². The minimum atomic E-state index is 0.0789. The molecule has 2 atom stereocenters. The molecule has 1 aliphatic rings. The Balaban J connectivity index is 2.07. The zero-order chi connectivity index (χ0) is 13.7. The summed E-state index contributed by atoms with van der Waals surface area (Å²) in [6.45, 7) is 6.20. The maximum Gasteiger partial charge on any atom is 0.244 e. The quantitative estimate of drug-likeness (QED) is 0.843. The summed E-state index contributed by atoms with van der Waals surface area (Å²) in [6.07, 6.45) is 2.03. The van der Waals surface area contributed by atoms with E-state index in [9.17, 15) is 0 Å². The molecule has 0 spiro atoms. The lowest BCUT2D eigenvalue weighted by atomic mass is 9.91. The molecule has 0 aromatic carbocycles. The molecule has 19 heavy (non-hydrogen) atoms. The molecular formula is C13H23N3O3. The van der Waals surface area contributed by atoms with Gasteiger partial charge in [-0.05, 0) is 32.6 Å². The van der Waals surface area contributed by atoms with Gasteiger partial charge < -0.3 is 19.3 Å². The summed E-state index contributed by atoms with van der Waals surface area (Å²) in [7, 11) is 1.71. The number of aryl methyl sites for hydroxylation is 1. The van der Waals surface area contributed by atoms with E-state index >= 15 is 0 Å². The zero-order valence-electron chi connectivity index (χ0n) is 11.9. The Hall–Kier alpha value is -0.980. The number of hydrogen-bond acceptors (Lipinski definition) is 6. The maximum atomic E-state index is 5.42. The molecule has 2 rings (SSSR count). The third kappa shape index (κ3) is 3.99. The highest BCUT2D eigenvalue weighted by molar-refractivity contribution is 4.96. The number of aromatic nitrogens is 2. The summed E-state index contributed by atoms with van der Waals surface area (Å²) in [6, 6.07) is 0.320. The first-order chi connectivity index (χ1) is 9.20. The van der Waals surface area contributed by atoms with E-state index in [1.54, 1.807) is 7.11 Å². The number of ether oxygens (including phenoxy) is 2. The van der Waals surface area contributed by atoms with Gasteiger partial charge in [0.05, 0.1) is 12.6 Å². The van der Waals surface area contributed by atoms with Gasteiger partial charge in [0, 0.05) is 26.4 Å². The van der Waals surface area contributed by atoms with Crippen LogP contribution in [0, 0.1) is 12.8 Å². The third-order valence-corrected chi connectivity index (χ3v) is 3.43. The molecular weight excluding hydrogens is 246 g/mol. The van der Waals surface area contributed by atoms with Crippen molar-refractivity contribution in [2.45, 2.75) is 38.8 Å². The van der Waals surface area contributed by atoms with Gasteiger partial charge in [-0.1, -0.05) is 5.16 Å². The summed E-state index contributed by atoms with van der Waals surface area (Å²) in [5.74, 6) is 1.81. The smallest absolute Gasteiger partial charge is 0.244 e. The maximum absolute atomic E-state index is 5.42. The average molecular weight is 269 g/mol. The molecule has 1 aromatic heterocycles. The summed E-state index contributed by atoms with van der Waals surface area (Å²) in [5.41, 5.74) is 0. The standard InChI is InChI=1S/C13H23N3O3/c1-9(8-17-3)14-12(11-4-6-18-7-5-11)13-15-10(2)16-19-13/h9,11-12,14H,4-8H2,1-3H3/t9-,12-/m1/s1. The lowest BCUT2D eigenvalue weighted by Gasteiger charge is -2.30. The number of nitrogens with zero attached hydrogens (tertiary/aromatic N) is 2. The van der Waals surface area contributed by atoms with Crippen molar-refractivity contribution in [3.63, 3.8) is 0 Å². The predicted octanol–water partition coefficient (Wildman–Crippen LogP) is 1.47. The first-order valence-electron chi connectivity index (χ1n) is 6.83. The molecule has 6 nitrogen and oxygen atoms in total. The second-order valence-corrected chi connectivity index (χ2v) is 5.13. The molecule has 1 fully saturated rings. The molecule has 108 valence electrons. The first kappa shape index (κ1) is 14.4. The summed E-state index contributed by atoms with van der Waals surface area (Å²) >= 11 is 0. The minimum absolute atomic E-state index is 0.0789. The second-order valence-electron chi connectivity index (χ2n) is 5.13. The molecule has 0 amide bonds. The molecule has 0 aliphatic carbocycles. The molecule has 0 saturated carbocycles. The Bertz CT molecular complexity index is 377. The fraction of sp³-hybridized carbons (Fsp3) is 0.846. The SMILES string of the molecule is COC[C@@H](C)N[C@@H](c1nc(C)no1)C1CCOCC1. The van der Waals surface area contributed by atoms with Crippen molar-refractivity contribution in [1.82, 2.24) is 15.5 Å². The van der Waals surface area contributed by atoms with Crippen molar-refractivity contribution in [2.24, 2.45) is 5.92 Å². The highest BCUT2D eigenvalue weighted by Crippen LogP contribution is 2.29. The molecule has 0 bridgehead atoms. The van der Waals surface area contributed by atoms with Gasteiger partial charge in [-0.2, -0.15) is 4.98 Å². The van der Waals surface area contributed by atoms with E-state index in [2.05, 4.69) is 22.4 Å². The monoisotopic (exact) mass is 269 g/mol. The van der Waals surface area contributed by atoms with Crippen molar-refractivity contribution in [3.8, 4) is 0 Å². The van der Waals surface area contributed by atoms with Crippen LogP contribution in [0.25, 0.3) is 0 Å². The number of nitrogens with one attached hydrogen (secondary N) is 1. The van der Waals surface area contributed by atoms with Crippen LogP contribution in [-0.2, 0) is 9.47 Å². The van der Waals surface area contributed by atoms with Crippen LogP contribution in [-0.4, -0.2) is 43.1 Å². The molecule has 1 aliphatic heterocycles. The van der Waals surface area contributed by atoms with E-state index in [1.807, 2.05) is 6.92 Å². The van der Waals surface area contributed by atoms with Gasteiger partial charge in [-0.3, -0.25) is 0 Å². The van der Waals surface area contributed by atoms with Crippen LogP contribution in [0.2, 0.25) is 0 Å². The van der Waals surface area contributed by atoms with Gasteiger partial charge in [0.25, 0.3) is 0 Å². The van der Waals surface area contributed by atoms with Crippen molar-refractivity contribution in [2.75, 3.05) is 26.9 Å². The van der Waals surface area contributed by atoms with Crippen molar-refractivity contribution >= 4 is 0 Å². The van der Waals surface area contributed by atoms with Gasteiger partial charge in [0.15, 0.2) is 5.82 Å². The van der Waals surface area contributed by atoms with E-state index in [-0.39, 0.29) is 12.1 Å². The Kier molecular flexibility index (Phi) is 5.30. The van der Waals surface area contributed by atoms with Gasteiger partial charge in [0.1, 0.15) is 0 Å². The summed E-state index contributed by atoms with van der Waals surface area (Å²) in [5, 5.41) is 7.44. The van der Waals surface area contributed by atoms with Crippen LogP contribution < -0.4 is 5.32 Å². The average Bonchev–Trinajstić information content (AvgIpc) is 2.84. The first-order valence-corrected chi connectivity index (χ1v) is 6.83. The second kappa shape index (κ2) is 6.98. The zero-order valence-corrected chi connectivity index (χ0v) is 11.9. The lowest BCUT2D eigenvalue weighted by molar-refractivity contribution is 0.0443. The Labute approximate surface area is 113 Å². The van der Waals surface area contributed by atoms with Crippen LogP contribution in [0.3, 0.4) is 0 Å². The third-order valence-electron chi connectivity index (χ3n) is 3.43. The van der Waals surface area contributed by atoms with Crippen molar-refractivity contribution in [1.29, 1.82) is 0 Å². The molecule has 0 unspecified atom stereocenters. The van der Waals surface area contributed by atoms with Crippen molar-refractivity contribution in [3.05, 3.63) is 11.7 Å². The van der Waals surface area contributed by atoms with Gasteiger partial charge in [-0.25, -0.2) is 0 Å². The van der Waals surface area contributed by atoms with Crippen LogP contribution >= 0.6 is 0 Å². The highest BCUT2D eigenvalue weighted by Gasteiger charge is 2.30. The molecule has 1 N–H and O–H groups in total. The van der Waals surface area contributed by atoms with E-state index in [1.165, 1.54) is 0 Å². The van der Waals surface area contributed by atoms with Crippen LogP contribution in [0.4, 0.5) is 0 Å². The van der Waals surface area contributed by atoms with Crippen LogP contribution in [0.15, 0.2) is 4.52 Å². The Morgan fingerprint density at radius 3 is 2.74 bits per heavy atom. The largest absolute Gasteiger partial charge is 0.383 e. The summed E-state index contributed by atoms with van der Waals surface area (Å²) < 4.78 is 16.0. The van der Waals surface area contributed by atoms with Gasteiger partial charge in [-0.15, -0.1) is 0 Å². The van der Waals surface area contributed by atoms with Crippen LogP contribution in [0.5, 0.6) is 0 Å². The lowest BCUT2D eigenvalue weighted by Crippen LogP contribution is -2.39. The van der Waals surface area contributed by atoms with E-state index in [0.29, 0.717) is 24.2 Å². The van der Waals surface area contributed by atoms with Gasteiger partial charge in [0.2, 0.25) is 5.89 Å². The minimum Gasteiger partial charge on any atom is -0.383 e. The van der Waals surface area contributed by atoms with Gasteiger partial charge >= 0.3 is 0 Å². The van der Waals surface area contributed by atoms with E-state index < -0.39 is 0 Å². The predicted molar refractivity (Wildman–Crippen MR) is 69.8 cm³/mol. The Morgan fingerprint density at radius 1 is 1.42 bits per heavy atom. The molecule has 1 aromatic rings. The number of methoxy groups -OCH3 is 1. The highest BCUT2D eigenvalue weighted by atomic mass is 16.5. The fourth-order valence-corrected chi connectivity index (χ4v) is 2.50. The molecule has 0 radical (unpaired) electrons. The van der Waals surface area contributed by atoms with Crippen molar-refractivity contribution < 1.29 is 14.0 Å². The molecule has 1 saturated heterocycles. The van der Waals surface area contributed by atoms with E-state index in [4.69, 9.17) is 14.0 Å².